The van der Waals surface area contributed by atoms with E-state index in [-0.39, 0.29) is 23.8 Å². The molecule has 1 aromatic heterocycles. The average Bonchev–Trinajstić information content (AvgIpc) is 2.84. The van der Waals surface area contributed by atoms with Crippen molar-refractivity contribution < 1.29 is 14.7 Å². The first-order valence-corrected chi connectivity index (χ1v) is 11.3. The Morgan fingerprint density at radius 2 is 1.58 bits per heavy atom. The second-order valence-electron chi connectivity index (χ2n) is 8.66. The minimum Gasteiger partial charge on any atom is -0.388 e. The smallest absolute Gasteiger partial charge is 0.255 e. The lowest BCUT2D eigenvalue weighted by molar-refractivity contribution is 0.0269. The number of hydrogen-bond acceptors (Lipinski definition) is 5. The number of pyridine rings is 1. The number of ketones is 1. The molecule has 0 unspecified atom stereocenters. The Balaban J connectivity index is 1.48. The van der Waals surface area contributed by atoms with Crippen molar-refractivity contribution in [1.29, 1.82) is 0 Å². The van der Waals surface area contributed by atoms with Crippen molar-refractivity contribution in [3.8, 4) is 11.1 Å². The number of Topliss-reactive ketones (excluding diaryl/α,β-unsaturated/α-hetero) is 1. The van der Waals surface area contributed by atoms with Crippen molar-refractivity contribution in [2.24, 2.45) is 0 Å². The van der Waals surface area contributed by atoms with Gasteiger partial charge < -0.3 is 10.0 Å². The maximum Gasteiger partial charge on any atom is 0.255 e. The van der Waals surface area contributed by atoms with E-state index in [0.29, 0.717) is 11.1 Å². The van der Waals surface area contributed by atoms with Gasteiger partial charge in [-0.15, -0.1) is 0 Å². The van der Waals surface area contributed by atoms with Crippen LogP contribution in [-0.2, 0) is 6.54 Å². The van der Waals surface area contributed by atoms with Gasteiger partial charge in [-0.2, -0.15) is 0 Å². The Morgan fingerprint density at radius 1 is 0.939 bits per heavy atom. The number of benzene rings is 2. The largest absolute Gasteiger partial charge is 0.388 e. The van der Waals surface area contributed by atoms with Crippen LogP contribution in [0.5, 0.6) is 0 Å². The number of hydrogen-bond donors (Lipinski definition) is 1. The molecule has 2 aromatic carbocycles. The third-order valence-corrected chi connectivity index (χ3v) is 6.20. The first-order chi connectivity index (χ1) is 16.0. The van der Waals surface area contributed by atoms with Crippen LogP contribution in [0.2, 0.25) is 0 Å². The van der Waals surface area contributed by atoms with Crippen molar-refractivity contribution in [3.05, 3.63) is 89.7 Å². The minimum absolute atomic E-state index is 0.0499. The third-order valence-electron chi connectivity index (χ3n) is 6.20. The maximum atomic E-state index is 13.6. The molecule has 6 heteroatoms. The number of aliphatic hydroxyl groups excluding tert-OH is 1. The monoisotopic (exact) mass is 443 g/mol. The zero-order valence-corrected chi connectivity index (χ0v) is 19.0. The van der Waals surface area contributed by atoms with E-state index in [9.17, 15) is 9.59 Å². The van der Waals surface area contributed by atoms with Crippen LogP contribution in [0, 0.1) is 0 Å². The van der Waals surface area contributed by atoms with E-state index in [1.165, 1.54) is 0 Å². The van der Waals surface area contributed by atoms with E-state index in [1.54, 1.807) is 24.5 Å². The van der Waals surface area contributed by atoms with Gasteiger partial charge in [-0.25, -0.2) is 0 Å². The van der Waals surface area contributed by atoms with Gasteiger partial charge in [0, 0.05) is 55.2 Å². The van der Waals surface area contributed by atoms with Gasteiger partial charge in [-0.1, -0.05) is 42.5 Å². The van der Waals surface area contributed by atoms with Gasteiger partial charge in [-0.05, 0) is 48.7 Å². The quantitative estimate of drug-likeness (QED) is 0.589. The highest BCUT2D eigenvalue weighted by Crippen LogP contribution is 2.27. The number of aliphatic hydroxyl groups is 1. The Morgan fingerprint density at radius 3 is 2.21 bits per heavy atom. The van der Waals surface area contributed by atoms with Gasteiger partial charge >= 0.3 is 0 Å². The third kappa shape index (κ3) is 5.02. The van der Waals surface area contributed by atoms with Gasteiger partial charge in [-0.3, -0.25) is 19.5 Å². The van der Waals surface area contributed by atoms with E-state index in [1.807, 2.05) is 53.4 Å². The highest BCUT2D eigenvalue weighted by Gasteiger charge is 2.34. The van der Waals surface area contributed by atoms with Gasteiger partial charge in [0.25, 0.3) is 5.91 Å². The summed E-state index contributed by atoms with van der Waals surface area (Å²) in [4.78, 5) is 33.7. The topological polar surface area (TPSA) is 73.7 Å². The van der Waals surface area contributed by atoms with Gasteiger partial charge in [0.05, 0.1) is 0 Å². The Kier molecular flexibility index (Phi) is 6.96. The summed E-state index contributed by atoms with van der Waals surface area (Å²) >= 11 is 0. The van der Waals surface area contributed by atoms with Crippen LogP contribution in [0.4, 0.5) is 0 Å². The van der Waals surface area contributed by atoms with E-state index < -0.39 is 6.61 Å². The molecule has 1 saturated heterocycles. The lowest BCUT2D eigenvalue weighted by Crippen LogP contribution is -2.58. The van der Waals surface area contributed by atoms with E-state index in [4.69, 9.17) is 5.11 Å². The molecule has 0 saturated carbocycles. The molecule has 0 radical (unpaired) electrons. The van der Waals surface area contributed by atoms with Crippen LogP contribution in [0.25, 0.3) is 11.1 Å². The molecular formula is C27H29N3O3. The van der Waals surface area contributed by atoms with E-state index in [0.717, 1.165) is 36.3 Å². The van der Waals surface area contributed by atoms with Gasteiger partial charge in [0.2, 0.25) is 0 Å². The zero-order chi connectivity index (χ0) is 23.4. The van der Waals surface area contributed by atoms with Crippen LogP contribution in [0.1, 0.15) is 40.1 Å². The Hall–Kier alpha value is -3.35. The van der Waals surface area contributed by atoms with E-state index >= 15 is 0 Å². The van der Waals surface area contributed by atoms with Crippen molar-refractivity contribution in [1.82, 2.24) is 14.8 Å². The molecule has 0 bridgehead atoms. The SMILES string of the molecule is C[C@@H]1CN(Cc2ccc(C(=O)CO)cc2)C[C@H](C)N1C(=O)c1ccccc1-c1ccncc1. The second kappa shape index (κ2) is 10.1. The first kappa shape index (κ1) is 22.8. The van der Waals surface area contributed by atoms with Gasteiger partial charge in [0.15, 0.2) is 5.78 Å². The summed E-state index contributed by atoms with van der Waals surface area (Å²) in [5.74, 6) is -0.225. The highest BCUT2D eigenvalue weighted by molar-refractivity contribution is 6.01. The fraction of sp³-hybridized carbons (Fsp3) is 0.296. The molecule has 6 nitrogen and oxygen atoms in total. The second-order valence-corrected chi connectivity index (χ2v) is 8.66. The Bertz CT molecular complexity index is 1100. The van der Waals surface area contributed by atoms with E-state index in [2.05, 4.69) is 23.7 Å². The summed E-state index contributed by atoms with van der Waals surface area (Å²) in [6.07, 6.45) is 3.49. The molecular weight excluding hydrogens is 414 g/mol. The minimum atomic E-state index is -0.478. The molecule has 2 atom stereocenters. The summed E-state index contributed by atoms with van der Waals surface area (Å²) in [7, 11) is 0. The van der Waals surface area contributed by atoms with Crippen molar-refractivity contribution in [3.63, 3.8) is 0 Å². The lowest BCUT2D eigenvalue weighted by atomic mass is 9.97. The van der Waals surface area contributed by atoms with Crippen LogP contribution < -0.4 is 0 Å². The molecule has 1 aliphatic heterocycles. The van der Waals surface area contributed by atoms with Crippen LogP contribution in [0.3, 0.4) is 0 Å². The number of aromatic nitrogens is 1. The summed E-state index contributed by atoms with van der Waals surface area (Å²) in [6.45, 7) is 6.00. The predicted molar refractivity (Wildman–Crippen MR) is 128 cm³/mol. The summed E-state index contributed by atoms with van der Waals surface area (Å²) < 4.78 is 0. The summed E-state index contributed by atoms with van der Waals surface area (Å²) in [6, 6.07) is 19.1. The number of rotatable bonds is 6. The van der Waals surface area contributed by atoms with Crippen molar-refractivity contribution in [2.45, 2.75) is 32.5 Å². The molecule has 170 valence electrons. The maximum absolute atomic E-state index is 13.6. The molecule has 1 N–H and O–H groups in total. The average molecular weight is 444 g/mol. The molecule has 33 heavy (non-hydrogen) atoms. The van der Waals surface area contributed by atoms with Crippen LogP contribution in [0.15, 0.2) is 73.1 Å². The number of nitrogens with zero attached hydrogens (tertiary/aromatic N) is 3. The first-order valence-electron chi connectivity index (χ1n) is 11.3. The lowest BCUT2D eigenvalue weighted by Gasteiger charge is -2.44. The molecule has 2 heterocycles. The standard InChI is InChI=1S/C27H29N3O3/c1-19-15-29(17-21-7-9-23(10-8-21)26(32)18-31)16-20(2)30(19)27(33)25-6-4-3-5-24(25)22-11-13-28-14-12-22/h3-14,19-20,31H,15-18H2,1-2H3/t19-,20+. The molecule has 4 rings (SSSR count). The zero-order valence-electron chi connectivity index (χ0n) is 19.0. The number of amides is 1. The highest BCUT2D eigenvalue weighted by atomic mass is 16.3. The molecule has 1 amide bonds. The predicted octanol–water partition coefficient (Wildman–Crippen LogP) is 3.66. The van der Waals surface area contributed by atoms with Crippen LogP contribution in [-0.4, -0.2) is 63.4 Å². The summed E-state index contributed by atoms with van der Waals surface area (Å²) in [5, 5.41) is 9.02. The number of piperazine rings is 1. The molecule has 1 fully saturated rings. The normalized spacial score (nSPS) is 18.8. The molecule has 1 aliphatic rings. The molecule has 3 aromatic rings. The number of carbonyl (C=O) groups excluding carboxylic acids is 2. The number of carbonyl (C=O) groups is 2. The van der Waals surface area contributed by atoms with Crippen molar-refractivity contribution in [2.75, 3.05) is 19.7 Å². The van der Waals surface area contributed by atoms with Gasteiger partial charge in [0.1, 0.15) is 6.61 Å². The summed E-state index contributed by atoms with van der Waals surface area (Å²) in [5.41, 5.74) is 4.23. The fourth-order valence-corrected chi connectivity index (χ4v) is 4.70. The Labute approximate surface area is 194 Å². The van der Waals surface area contributed by atoms with Crippen molar-refractivity contribution >= 4 is 11.7 Å². The molecule has 0 spiro atoms. The van der Waals surface area contributed by atoms with Crippen LogP contribution >= 0.6 is 0 Å². The molecule has 0 aliphatic carbocycles. The fourth-order valence-electron chi connectivity index (χ4n) is 4.70.